The molecule has 0 aliphatic heterocycles. The third-order valence-electron chi connectivity index (χ3n) is 4.47. The van der Waals surface area contributed by atoms with Gasteiger partial charge in [-0.1, -0.05) is 38.4 Å². The van der Waals surface area contributed by atoms with Gasteiger partial charge >= 0.3 is 6.08 Å². The lowest BCUT2D eigenvalue weighted by atomic mass is 9.75. The van der Waals surface area contributed by atoms with Crippen LogP contribution in [0.5, 0.6) is 6.08 Å². The zero-order valence-corrected chi connectivity index (χ0v) is 15.8. The number of rotatable bonds is 4. The van der Waals surface area contributed by atoms with Gasteiger partial charge in [0.1, 0.15) is 5.52 Å². The summed E-state index contributed by atoms with van der Waals surface area (Å²) in [6.07, 6.45) is 4.25. The number of hydrogen-bond donors (Lipinski definition) is 0. The standard InChI is InChI=1S/C19H23ClN2O3/c1-12-7-14(10-19(2,3)9-12)22(4)17(23)11-24-18-21-15-6-5-13(20)8-16(15)25-18/h5-8,12H,9-11H2,1-4H3. The molecule has 1 unspecified atom stereocenters. The van der Waals surface area contributed by atoms with Gasteiger partial charge < -0.3 is 14.1 Å². The van der Waals surface area contributed by atoms with Crippen LogP contribution in [0.4, 0.5) is 0 Å². The van der Waals surface area contributed by atoms with Gasteiger partial charge in [0.05, 0.1) is 0 Å². The molecule has 0 radical (unpaired) electrons. The van der Waals surface area contributed by atoms with Gasteiger partial charge in [-0.25, -0.2) is 0 Å². The van der Waals surface area contributed by atoms with Gasteiger partial charge in [0.2, 0.25) is 0 Å². The number of allylic oxidation sites excluding steroid dienone is 2. The van der Waals surface area contributed by atoms with Crippen molar-refractivity contribution < 1.29 is 13.9 Å². The molecule has 0 saturated carbocycles. The molecule has 6 heteroatoms. The molecule has 1 aliphatic rings. The summed E-state index contributed by atoms with van der Waals surface area (Å²) in [4.78, 5) is 18.3. The average Bonchev–Trinajstić information content (AvgIpc) is 2.91. The number of halogens is 1. The van der Waals surface area contributed by atoms with Crippen LogP contribution in [0.1, 0.15) is 33.6 Å². The molecule has 0 bridgehead atoms. The van der Waals surface area contributed by atoms with Crippen molar-refractivity contribution in [3.63, 3.8) is 0 Å². The van der Waals surface area contributed by atoms with E-state index in [9.17, 15) is 4.79 Å². The van der Waals surface area contributed by atoms with Gasteiger partial charge in [0, 0.05) is 23.8 Å². The Hall–Kier alpha value is -2.01. The highest BCUT2D eigenvalue weighted by atomic mass is 35.5. The van der Waals surface area contributed by atoms with E-state index < -0.39 is 0 Å². The van der Waals surface area contributed by atoms with E-state index in [1.165, 1.54) is 0 Å². The van der Waals surface area contributed by atoms with Gasteiger partial charge in [0.25, 0.3) is 5.91 Å². The summed E-state index contributed by atoms with van der Waals surface area (Å²) in [6.45, 7) is 6.52. The van der Waals surface area contributed by atoms with Crippen molar-refractivity contribution >= 4 is 28.6 Å². The van der Waals surface area contributed by atoms with Gasteiger partial charge in [-0.15, -0.1) is 0 Å². The van der Waals surface area contributed by atoms with Crippen LogP contribution >= 0.6 is 11.6 Å². The number of amides is 1. The Morgan fingerprint density at radius 2 is 2.24 bits per heavy atom. The molecule has 1 atom stereocenters. The highest BCUT2D eigenvalue weighted by molar-refractivity contribution is 6.31. The molecule has 0 spiro atoms. The highest BCUT2D eigenvalue weighted by Crippen LogP contribution is 2.38. The fourth-order valence-electron chi connectivity index (χ4n) is 3.43. The van der Waals surface area contributed by atoms with Gasteiger partial charge in [-0.3, -0.25) is 4.79 Å². The van der Waals surface area contributed by atoms with Crippen molar-refractivity contribution in [3.05, 3.63) is 35.0 Å². The number of carbonyl (C=O) groups excluding carboxylic acids is 1. The van der Waals surface area contributed by atoms with Crippen LogP contribution < -0.4 is 4.74 Å². The Bertz CT molecular complexity index is 825. The SMILES string of the molecule is CC1C=C(N(C)C(=O)COc2nc3ccc(Cl)cc3o2)CC(C)(C)C1. The van der Waals surface area contributed by atoms with Gasteiger partial charge in [0.15, 0.2) is 12.2 Å². The largest absolute Gasteiger partial charge is 0.440 e. The summed E-state index contributed by atoms with van der Waals surface area (Å²) < 4.78 is 10.9. The van der Waals surface area contributed by atoms with Crippen LogP contribution in [0.2, 0.25) is 5.02 Å². The van der Waals surface area contributed by atoms with Crippen LogP contribution in [-0.4, -0.2) is 29.4 Å². The van der Waals surface area contributed by atoms with Crippen LogP contribution in [-0.2, 0) is 4.79 Å². The number of oxazole rings is 1. The van der Waals surface area contributed by atoms with E-state index in [1.807, 2.05) is 0 Å². The van der Waals surface area contributed by atoms with E-state index in [4.69, 9.17) is 20.8 Å². The quantitative estimate of drug-likeness (QED) is 0.793. The van der Waals surface area contributed by atoms with Crippen molar-refractivity contribution in [1.82, 2.24) is 9.88 Å². The molecule has 5 nitrogen and oxygen atoms in total. The molecule has 134 valence electrons. The Kier molecular flexibility index (Phi) is 4.78. The summed E-state index contributed by atoms with van der Waals surface area (Å²) in [5.74, 6) is 0.327. The van der Waals surface area contributed by atoms with Crippen molar-refractivity contribution in [2.45, 2.75) is 33.6 Å². The molecular weight excluding hydrogens is 340 g/mol. The minimum Gasteiger partial charge on any atom is -0.440 e. The minimum atomic E-state index is -0.128. The second-order valence-corrected chi connectivity index (χ2v) is 7.95. The summed E-state index contributed by atoms with van der Waals surface area (Å²) in [7, 11) is 1.79. The third kappa shape index (κ3) is 4.15. The van der Waals surface area contributed by atoms with Crippen molar-refractivity contribution in [2.75, 3.05) is 13.7 Å². The molecule has 1 aromatic heterocycles. The topological polar surface area (TPSA) is 55.6 Å². The maximum atomic E-state index is 12.5. The predicted molar refractivity (Wildman–Crippen MR) is 97.5 cm³/mol. The number of benzene rings is 1. The monoisotopic (exact) mass is 362 g/mol. The number of ether oxygens (including phenoxy) is 1. The molecule has 3 rings (SSSR count). The maximum Gasteiger partial charge on any atom is 0.395 e. The number of hydrogen-bond acceptors (Lipinski definition) is 4. The van der Waals surface area contributed by atoms with Gasteiger partial charge in [-0.05, 0) is 36.3 Å². The first kappa shape index (κ1) is 17.8. The van der Waals surface area contributed by atoms with Crippen molar-refractivity contribution in [3.8, 4) is 6.08 Å². The molecule has 1 aromatic carbocycles. The lowest BCUT2D eigenvalue weighted by molar-refractivity contribution is -0.131. The van der Waals surface area contributed by atoms with E-state index in [1.54, 1.807) is 30.1 Å². The normalized spacial score (nSPS) is 19.6. The molecule has 0 N–H and O–H groups in total. The van der Waals surface area contributed by atoms with E-state index >= 15 is 0 Å². The molecule has 0 saturated heterocycles. The zero-order chi connectivity index (χ0) is 18.2. The second-order valence-electron chi connectivity index (χ2n) is 7.51. The maximum absolute atomic E-state index is 12.5. The Balaban J connectivity index is 1.65. The van der Waals surface area contributed by atoms with E-state index in [2.05, 4.69) is 31.8 Å². The molecular formula is C19H23ClN2O3. The van der Waals surface area contributed by atoms with Crippen LogP contribution in [0, 0.1) is 11.3 Å². The molecule has 1 heterocycles. The summed E-state index contributed by atoms with van der Waals surface area (Å²) in [6, 6.07) is 5.15. The van der Waals surface area contributed by atoms with Crippen LogP contribution in [0.25, 0.3) is 11.1 Å². The van der Waals surface area contributed by atoms with E-state index in [0.717, 1.165) is 18.5 Å². The molecule has 1 amide bonds. The first-order chi connectivity index (χ1) is 11.7. The van der Waals surface area contributed by atoms with E-state index in [-0.39, 0.29) is 24.0 Å². The number of carbonyl (C=O) groups is 1. The second kappa shape index (κ2) is 6.71. The Morgan fingerprint density at radius 3 is 2.96 bits per heavy atom. The number of aromatic nitrogens is 1. The third-order valence-corrected chi connectivity index (χ3v) is 4.70. The number of fused-ring (bicyclic) bond motifs is 1. The molecule has 1 aliphatic carbocycles. The smallest absolute Gasteiger partial charge is 0.395 e. The van der Waals surface area contributed by atoms with Crippen molar-refractivity contribution in [2.24, 2.45) is 11.3 Å². The summed E-state index contributed by atoms with van der Waals surface area (Å²) in [5, 5.41) is 0.562. The highest BCUT2D eigenvalue weighted by Gasteiger charge is 2.29. The van der Waals surface area contributed by atoms with Crippen LogP contribution in [0.3, 0.4) is 0 Å². The fourth-order valence-corrected chi connectivity index (χ4v) is 3.59. The molecule has 0 fully saturated rings. The predicted octanol–water partition coefficient (Wildman–Crippen LogP) is 4.66. The number of nitrogens with zero attached hydrogens (tertiary/aromatic N) is 2. The lowest BCUT2D eigenvalue weighted by Crippen LogP contribution is -2.35. The molecule has 2 aromatic rings. The minimum absolute atomic E-state index is 0.0744. The first-order valence-electron chi connectivity index (χ1n) is 8.40. The summed E-state index contributed by atoms with van der Waals surface area (Å²) in [5.41, 5.74) is 2.42. The lowest BCUT2D eigenvalue weighted by Gasteiger charge is -2.36. The first-order valence-corrected chi connectivity index (χ1v) is 8.77. The fraction of sp³-hybridized carbons (Fsp3) is 0.474. The van der Waals surface area contributed by atoms with Crippen molar-refractivity contribution in [1.29, 1.82) is 0 Å². The zero-order valence-electron chi connectivity index (χ0n) is 15.0. The van der Waals surface area contributed by atoms with E-state index in [0.29, 0.717) is 22.0 Å². The number of likely N-dealkylation sites (N-methyl/N-ethyl adjacent to an activating group) is 1. The average molecular weight is 363 g/mol. The summed E-state index contributed by atoms with van der Waals surface area (Å²) >= 11 is 5.92. The Morgan fingerprint density at radius 1 is 1.48 bits per heavy atom. The van der Waals surface area contributed by atoms with Gasteiger partial charge in [-0.2, -0.15) is 4.98 Å². The Labute approximate surface area is 152 Å². The molecule has 25 heavy (non-hydrogen) atoms. The van der Waals surface area contributed by atoms with Crippen LogP contribution in [0.15, 0.2) is 34.4 Å².